The molecule has 0 heterocycles. The summed E-state index contributed by atoms with van der Waals surface area (Å²) in [7, 11) is 0. The van der Waals surface area contributed by atoms with Gasteiger partial charge in [0.25, 0.3) is 0 Å². The number of hydrogen-bond donors (Lipinski definition) is 0. The van der Waals surface area contributed by atoms with E-state index in [1.54, 1.807) is 0 Å². The fourth-order valence-corrected chi connectivity index (χ4v) is 6.07. The summed E-state index contributed by atoms with van der Waals surface area (Å²) in [6.07, 6.45) is 1.99. The standard InChI is InChI=1S/2C23H21ClO/c2*1-2-17-25-21-15-13-19(14-16-21)22(18-9-5-3-6-10-18)23(24)20-11-7-4-8-12-20/h2*3-16H,2,17H2,1H3/b23-22+;23-22-. The molecule has 0 amide bonds. The van der Waals surface area contributed by atoms with Gasteiger partial charge in [0.2, 0.25) is 0 Å². The summed E-state index contributed by atoms with van der Waals surface area (Å²) in [6.45, 7) is 5.66. The Kier molecular flexibility index (Phi) is 14.0. The van der Waals surface area contributed by atoms with Gasteiger partial charge in [-0.3, -0.25) is 0 Å². The highest BCUT2D eigenvalue weighted by atomic mass is 35.5. The van der Waals surface area contributed by atoms with Crippen LogP contribution in [0.25, 0.3) is 21.2 Å². The zero-order valence-corrected chi connectivity index (χ0v) is 30.1. The Hall–Kier alpha value is -5.02. The molecule has 252 valence electrons. The van der Waals surface area contributed by atoms with Crippen molar-refractivity contribution in [3.05, 3.63) is 203 Å². The van der Waals surface area contributed by atoms with Crippen molar-refractivity contribution in [3.8, 4) is 11.5 Å². The van der Waals surface area contributed by atoms with E-state index < -0.39 is 0 Å². The molecule has 0 spiro atoms. The monoisotopic (exact) mass is 696 g/mol. The molecule has 0 unspecified atom stereocenters. The summed E-state index contributed by atoms with van der Waals surface area (Å²) < 4.78 is 11.4. The van der Waals surface area contributed by atoms with Crippen molar-refractivity contribution < 1.29 is 9.47 Å². The lowest BCUT2D eigenvalue weighted by molar-refractivity contribution is 0.317. The van der Waals surface area contributed by atoms with Crippen LogP contribution in [-0.4, -0.2) is 13.2 Å². The van der Waals surface area contributed by atoms with Crippen LogP contribution in [0.5, 0.6) is 11.5 Å². The summed E-state index contributed by atoms with van der Waals surface area (Å²) in [6, 6.07) is 56.9. The lowest BCUT2D eigenvalue weighted by atomic mass is 9.95. The minimum Gasteiger partial charge on any atom is -0.494 e. The second-order valence-corrected chi connectivity index (χ2v) is 12.3. The maximum Gasteiger partial charge on any atom is 0.119 e. The van der Waals surface area contributed by atoms with Crippen LogP contribution >= 0.6 is 23.2 Å². The molecule has 0 saturated carbocycles. The zero-order chi connectivity index (χ0) is 35.0. The SMILES string of the molecule is CCCOc1ccc(/C(=C(/Cl)c2ccccc2)c2ccccc2)cc1.CCCOc1ccc(/C(=C(\Cl)c2ccccc2)c2ccccc2)cc1. The van der Waals surface area contributed by atoms with E-state index in [9.17, 15) is 0 Å². The van der Waals surface area contributed by atoms with Gasteiger partial charge in [0, 0.05) is 11.1 Å². The molecule has 0 atom stereocenters. The highest BCUT2D eigenvalue weighted by Gasteiger charge is 2.14. The number of rotatable bonds is 12. The Morgan fingerprint density at radius 3 is 0.900 bits per heavy atom. The first kappa shape index (κ1) is 36.3. The largest absolute Gasteiger partial charge is 0.494 e. The molecule has 0 aromatic heterocycles. The summed E-state index contributed by atoms with van der Waals surface area (Å²) in [5.74, 6) is 1.77. The van der Waals surface area contributed by atoms with Crippen molar-refractivity contribution >= 4 is 44.4 Å². The quantitative estimate of drug-likeness (QED) is 0.119. The molecular weight excluding hydrogens is 655 g/mol. The van der Waals surface area contributed by atoms with E-state index >= 15 is 0 Å². The Morgan fingerprint density at radius 1 is 0.360 bits per heavy atom. The van der Waals surface area contributed by atoms with Crippen LogP contribution in [-0.2, 0) is 0 Å². The van der Waals surface area contributed by atoms with Gasteiger partial charge in [-0.1, -0.05) is 183 Å². The van der Waals surface area contributed by atoms with E-state index in [-0.39, 0.29) is 0 Å². The average molecular weight is 698 g/mol. The van der Waals surface area contributed by atoms with Gasteiger partial charge in [-0.15, -0.1) is 0 Å². The fourth-order valence-electron chi connectivity index (χ4n) is 5.38. The van der Waals surface area contributed by atoms with Gasteiger partial charge in [0.05, 0.1) is 23.3 Å². The number of ether oxygens (including phenoxy) is 2. The number of benzene rings is 6. The summed E-state index contributed by atoms with van der Waals surface area (Å²) in [5, 5.41) is 1.49. The van der Waals surface area contributed by atoms with Crippen LogP contribution < -0.4 is 9.47 Å². The third kappa shape index (κ3) is 10.0. The van der Waals surface area contributed by atoms with Crippen molar-refractivity contribution in [2.75, 3.05) is 13.2 Å². The van der Waals surface area contributed by atoms with Crippen molar-refractivity contribution in [1.29, 1.82) is 0 Å². The van der Waals surface area contributed by atoms with Crippen molar-refractivity contribution in [2.45, 2.75) is 26.7 Å². The summed E-state index contributed by atoms with van der Waals surface area (Å²) in [5.41, 5.74) is 8.40. The molecule has 6 aromatic carbocycles. The molecule has 0 aliphatic rings. The third-order valence-electron chi connectivity index (χ3n) is 7.85. The van der Waals surface area contributed by atoms with E-state index in [1.807, 2.05) is 121 Å². The maximum atomic E-state index is 6.81. The van der Waals surface area contributed by atoms with E-state index in [0.717, 1.165) is 92.1 Å². The first-order chi connectivity index (χ1) is 24.6. The Labute approximate surface area is 307 Å². The predicted molar refractivity (Wildman–Crippen MR) is 214 cm³/mol. The highest BCUT2D eigenvalue weighted by molar-refractivity contribution is 6.53. The van der Waals surface area contributed by atoms with E-state index in [2.05, 4.69) is 62.4 Å². The average Bonchev–Trinajstić information content (AvgIpc) is 3.19. The van der Waals surface area contributed by atoms with Crippen molar-refractivity contribution in [1.82, 2.24) is 0 Å². The van der Waals surface area contributed by atoms with Crippen LogP contribution in [0, 0.1) is 0 Å². The molecule has 50 heavy (non-hydrogen) atoms. The molecule has 0 bridgehead atoms. The zero-order valence-electron chi connectivity index (χ0n) is 28.6. The minimum absolute atomic E-state index is 0.728. The van der Waals surface area contributed by atoms with Crippen LogP contribution in [0.4, 0.5) is 0 Å². The van der Waals surface area contributed by atoms with Crippen LogP contribution in [0.2, 0.25) is 0 Å². The lowest BCUT2D eigenvalue weighted by Gasteiger charge is -2.13. The Morgan fingerprint density at radius 2 is 0.620 bits per heavy atom. The molecule has 6 aromatic rings. The second kappa shape index (κ2) is 19.2. The van der Waals surface area contributed by atoms with Gasteiger partial charge < -0.3 is 9.47 Å². The van der Waals surface area contributed by atoms with Gasteiger partial charge in [0.1, 0.15) is 11.5 Å². The molecule has 0 aliphatic heterocycles. The maximum absolute atomic E-state index is 6.81. The first-order valence-electron chi connectivity index (χ1n) is 17.1. The normalized spacial score (nSPS) is 11.8. The first-order valence-corrected chi connectivity index (χ1v) is 17.8. The van der Waals surface area contributed by atoms with E-state index in [1.165, 1.54) is 0 Å². The van der Waals surface area contributed by atoms with Gasteiger partial charge in [-0.05, 0) is 70.5 Å². The Balaban J connectivity index is 0.000000194. The molecule has 0 saturated heterocycles. The molecule has 0 fully saturated rings. The van der Waals surface area contributed by atoms with E-state index in [0.29, 0.717) is 0 Å². The van der Waals surface area contributed by atoms with Gasteiger partial charge >= 0.3 is 0 Å². The van der Waals surface area contributed by atoms with Crippen LogP contribution in [0.15, 0.2) is 170 Å². The van der Waals surface area contributed by atoms with Gasteiger partial charge in [-0.2, -0.15) is 0 Å². The molecule has 0 N–H and O–H groups in total. The second-order valence-electron chi connectivity index (χ2n) is 11.6. The highest BCUT2D eigenvalue weighted by Crippen LogP contribution is 2.36. The molecule has 0 radical (unpaired) electrons. The number of hydrogen-bond acceptors (Lipinski definition) is 2. The van der Waals surface area contributed by atoms with Crippen molar-refractivity contribution in [3.63, 3.8) is 0 Å². The molecule has 6 rings (SSSR count). The van der Waals surface area contributed by atoms with E-state index in [4.69, 9.17) is 32.7 Å². The molecule has 2 nitrogen and oxygen atoms in total. The lowest BCUT2D eigenvalue weighted by Crippen LogP contribution is -1.96. The predicted octanol–water partition coefficient (Wildman–Crippen LogP) is 13.3. The Bertz CT molecular complexity index is 1790. The topological polar surface area (TPSA) is 18.5 Å². The fraction of sp³-hybridized carbons (Fsp3) is 0.130. The minimum atomic E-state index is 0.728. The van der Waals surface area contributed by atoms with Crippen molar-refractivity contribution in [2.24, 2.45) is 0 Å². The van der Waals surface area contributed by atoms with Crippen LogP contribution in [0.3, 0.4) is 0 Å². The van der Waals surface area contributed by atoms with Crippen LogP contribution in [0.1, 0.15) is 60.1 Å². The summed E-state index contributed by atoms with van der Waals surface area (Å²) >= 11 is 13.6. The molecule has 0 aliphatic carbocycles. The van der Waals surface area contributed by atoms with Gasteiger partial charge in [-0.25, -0.2) is 0 Å². The third-order valence-corrected chi connectivity index (χ3v) is 8.66. The van der Waals surface area contributed by atoms with Gasteiger partial charge in [0.15, 0.2) is 0 Å². The number of halogens is 2. The molecular formula is C46H42Cl2O2. The molecule has 4 heteroatoms. The summed E-state index contributed by atoms with van der Waals surface area (Å²) in [4.78, 5) is 0. The smallest absolute Gasteiger partial charge is 0.119 e.